The molecule has 0 fully saturated rings. The van der Waals surface area contributed by atoms with Crippen LogP contribution in [0.15, 0.2) is 12.1 Å². The zero-order valence-electron chi connectivity index (χ0n) is 11.6. The number of pyridine rings is 1. The summed E-state index contributed by atoms with van der Waals surface area (Å²) in [6, 6.07) is 1.63. The molecule has 0 aromatic carbocycles. The number of nitrogens with zero attached hydrogens (tertiary/aromatic N) is 1. The van der Waals surface area contributed by atoms with Crippen LogP contribution in [-0.2, 0) is 6.18 Å². The van der Waals surface area contributed by atoms with Gasteiger partial charge in [0.05, 0.1) is 18.2 Å². The molecule has 0 saturated carbocycles. The molecule has 0 radical (unpaired) electrons. The highest BCUT2D eigenvalue weighted by Gasteiger charge is 2.31. The second-order valence-corrected chi connectivity index (χ2v) is 4.48. The van der Waals surface area contributed by atoms with Gasteiger partial charge in [0, 0.05) is 6.54 Å². The van der Waals surface area contributed by atoms with Gasteiger partial charge < -0.3 is 15.7 Å². The minimum absolute atomic E-state index is 0.110. The molecular formula is C13H20F3N3O. The van der Waals surface area contributed by atoms with Crippen molar-refractivity contribution in [1.82, 2.24) is 4.98 Å². The molecule has 7 heteroatoms. The molecule has 0 aliphatic rings. The van der Waals surface area contributed by atoms with Gasteiger partial charge in [-0.1, -0.05) is 13.8 Å². The van der Waals surface area contributed by atoms with Gasteiger partial charge in [0.1, 0.15) is 11.6 Å². The third kappa shape index (κ3) is 4.88. The summed E-state index contributed by atoms with van der Waals surface area (Å²) < 4.78 is 38.5. The maximum atomic E-state index is 12.8. The Morgan fingerprint density at radius 2 is 1.90 bits per heavy atom. The van der Waals surface area contributed by atoms with Gasteiger partial charge in [0.25, 0.3) is 0 Å². The van der Waals surface area contributed by atoms with Crippen molar-refractivity contribution in [1.29, 1.82) is 0 Å². The lowest BCUT2D eigenvalue weighted by Gasteiger charge is -2.17. The van der Waals surface area contributed by atoms with Gasteiger partial charge in [0.15, 0.2) is 0 Å². The normalized spacial score (nSPS) is 13.1. The average Bonchev–Trinajstić information content (AvgIpc) is 2.41. The van der Waals surface area contributed by atoms with E-state index in [9.17, 15) is 13.2 Å². The van der Waals surface area contributed by atoms with E-state index in [1.807, 2.05) is 13.8 Å². The molecule has 114 valence electrons. The van der Waals surface area contributed by atoms with E-state index in [1.54, 1.807) is 0 Å². The lowest BCUT2D eigenvalue weighted by Crippen LogP contribution is -2.24. The monoisotopic (exact) mass is 291 g/mol. The fourth-order valence-electron chi connectivity index (χ4n) is 1.60. The molecule has 1 aromatic heterocycles. The minimum Gasteiger partial charge on any atom is -0.394 e. The topological polar surface area (TPSA) is 57.2 Å². The van der Waals surface area contributed by atoms with Gasteiger partial charge in [0.2, 0.25) is 0 Å². The zero-order valence-corrected chi connectivity index (χ0v) is 11.6. The molecule has 0 bridgehead atoms. The Hall–Kier alpha value is -1.50. The van der Waals surface area contributed by atoms with Crippen LogP contribution in [0.1, 0.15) is 32.3 Å². The van der Waals surface area contributed by atoms with Crippen molar-refractivity contribution in [2.45, 2.75) is 38.9 Å². The second-order valence-electron chi connectivity index (χ2n) is 4.48. The summed E-state index contributed by atoms with van der Waals surface area (Å²) in [5.41, 5.74) is -0.763. The number of hydrogen-bond acceptors (Lipinski definition) is 4. The number of halogens is 3. The van der Waals surface area contributed by atoms with Crippen molar-refractivity contribution >= 4 is 11.6 Å². The number of aromatic nitrogens is 1. The van der Waals surface area contributed by atoms with E-state index in [0.29, 0.717) is 13.0 Å². The van der Waals surface area contributed by atoms with Gasteiger partial charge in [-0.3, -0.25) is 0 Å². The molecule has 3 N–H and O–H groups in total. The van der Waals surface area contributed by atoms with Crippen LogP contribution in [-0.4, -0.2) is 29.3 Å². The van der Waals surface area contributed by atoms with Crippen LogP contribution >= 0.6 is 0 Å². The molecule has 20 heavy (non-hydrogen) atoms. The lowest BCUT2D eigenvalue weighted by molar-refractivity contribution is -0.137. The molecule has 1 atom stereocenters. The van der Waals surface area contributed by atoms with Crippen LogP contribution in [0.25, 0.3) is 0 Å². The molecule has 0 aliphatic heterocycles. The average molecular weight is 291 g/mol. The Labute approximate surface area is 116 Å². The molecule has 0 spiro atoms. The third-order valence-corrected chi connectivity index (χ3v) is 2.77. The highest BCUT2D eigenvalue weighted by atomic mass is 19.4. The van der Waals surface area contributed by atoms with E-state index in [1.165, 1.54) is 0 Å². The van der Waals surface area contributed by atoms with E-state index >= 15 is 0 Å². The molecule has 1 rings (SSSR count). The van der Waals surface area contributed by atoms with Crippen LogP contribution in [0, 0.1) is 0 Å². The maximum Gasteiger partial charge on any atom is 0.416 e. The standard InChI is InChI=1S/C13H20F3N3O/c1-3-5-17-11-6-9(13(14,15)16)7-12(19-11)18-10(4-2)8-20/h6-7,10,20H,3-5,8H2,1-2H3,(H2,17,18,19). The molecule has 1 aromatic rings. The van der Waals surface area contributed by atoms with E-state index in [2.05, 4.69) is 15.6 Å². The predicted molar refractivity (Wildman–Crippen MR) is 72.8 cm³/mol. The van der Waals surface area contributed by atoms with Crippen molar-refractivity contribution in [3.05, 3.63) is 17.7 Å². The van der Waals surface area contributed by atoms with Gasteiger partial charge in [-0.2, -0.15) is 13.2 Å². The maximum absolute atomic E-state index is 12.8. The van der Waals surface area contributed by atoms with Crippen LogP contribution < -0.4 is 10.6 Å². The van der Waals surface area contributed by atoms with Crippen molar-refractivity contribution in [2.24, 2.45) is 0 Å². The highest BCUT2D eigenvalue weighted by Crippen LogP contribution is 2.32. The summed E-state index contributed by atoms with van der Waals surface area (Å²) in [6.07, 6.45) is -3.05. The fourth-order valence-corrected chi connectivity index (χ4v) is 1.60. The van der Waals surface area contributed by atoms with Crippen molar-refractivity contribution in [3.63, 3.8) is 0 Å². The van der Waals surface area contributed by atoms with Crippen LogP contribution in [0.3, 0.4) is 0 Å². The summed E-state index contributed by atoms with van der Waals surface area (Å²) >= 11 is 0. The number of anilines is 2. The number of alkyl halides is 3. The first-order chi connectivity index (χ1) is 9.40. The molecular weight excluding hydrogens is 271 g/mol. The summed E-state index contributed by atoms with van der Waals surface area (Å²) in [6.45, 7) is 4.13. The Balaban J connectivity index is 3.03. The van der Waals surface area contributed by atoms with Crippen molar-refractivity contribution < 1.29 is 18.3 Å². The molecule has 1 heterocycles. The number of rotatable bonds is 7. The smallest absolute Gasteiger partial charge is 0.394 e. The van der Waals surface area contributed by atoms with Crippen LogP contribution in [0.4, 0.5) is 24.8 Å². The lowest BCUT2D eigenvalue weighted by atomic mass is 10.2. The first kappa shape index (κ1) is 16.6. The zero-order chi connectivity index (χ0) is 15.2. The number of aliphatic hydroxyl groups is 1. The fraction of sp³-hybridized carbons (Fsp3) is 0.615. The highest BCUT2D eigenvalue weighted by molar-refractivity contribution is 5.50. The minimum atomic E-state index is -4.43. The van der Waals surface area contributed by atoms with Crippen molar-refractivity contribution in [3.8, 4) is 0 Å². The molecule has 1 unspecified atom stereocenters. The van der Waals surface area contributed by atoms with Gasteiger partial charge in [-0.15, -0.1) is 0 Å². The predicted octanol–water partition coefficient (Wildman–Crippen LogP) is 3.11. The second kappa shape index (κ2) is 7.33. The number of nitrogens with one attached hydrogen (secondary N) is 2. The first-order valence-electron chi connectivity index (χ1n) is 6.61. The first-order valence-corrected chi connectivity index (χ1v) is 6.61. The van der Waals surface area contributed by atoms with E-state index in [-0.39, 0.29) is 24.3 Å². The number of hydrogen-bond donors (Lipinski definition) is 3. The summed E-state index contributed by atoms with van der Waals surface area (Å²) in [5, 5.41) is 14.7. The molecule has 0 amide bonds. The van der Waals surface area contributed by atoms with E-state index in [0.717, 1.165) is 18.6 Å². The van der Waals surface area contributed by atoms with Crippen LogP contribution in [0.5, 0.6) is 0 Å². The van der Waals surface area contributed by atoms with Gasteiger partial charge in [-0.25, -0.2) is 4.98 Å². The van der Waals surface area contributed by atoms with Crippen molar-refractivity contribution in [2.75, 3.05) is 23.8 Å². The largest absolute Gasteiger partial charge is 0.416 e. The summed E-state index contributed by atoms with van der Waals surface area (Å²) in [4.78, 5) is 4.09. The Kier molecular flexibility index (Phi) is 6.06. The van der Waals surface area contributed by atoms with Gasteiger partial charge >= 0.3 is 6.18 Å². The van der Waals surface area contributed by atoms with Crippen LogP contribution in [0.2, 0.25) is 0 Å². The molecule has 4 nitrogen and oxygen atoms in total. The molecule has 0 aliphatic carbocycles. The summed E-state index contributed by atoms with van der Waals surface area (Å²) in [5.74, 6) is 0.288. The number of aliphatic hydroxyl groups excluding tert-OH is 1. The quantitative estimate of drug-likeness (QED) is 0.722. The Morgan fingerprint density at radius 1 is 1.25 bits per heavy atom. The Morgan fingerprint density at radius 3 is 2.40 bits per heavy atom. The summed E-state index contributed by atoms with van der Waals surface area (Å²) in [7, 11) is 0. The third-order valence-electron chi connectivity index (χ3n) is 2.77. The Bertz CT molecular complexity index is 420. The SMILES string of the molecule is CCCNc1cc(C(F)(F)F)cc(NC(CC)CO)n1. The van der Waals surface area contributed by atoms with Gasteiger partial charge in [-0.05, 0) is 25.0 Å². The van der Waals surface area contributed by atoms with E-state index in [4.69, 9.17) is 5.11 Å². The van der Waals surface area contributed by atoms with E-state index < -0.39 is 11.7 Å². The molecule has 0 saturated heterocycles.